The Kier molecular flexibility index (Phi) is 4.13. The monoisotopic (exact) mass is 343 g/mol. The highest BCUT2D eigenvalue weighted by molar-refractivity contribution is 5.89. The number of rotatable bonds is 2. The van der Waals surface area contributed by atoms with Gasteiger partial charge in [-0.05, 0) is 79.1 Å². The Hall–Kier alpha value is -0.790. The number of carbonyl (C=O) groups is 1. The van der Waals surface area contributed by atoms with E-state index >= 15 is 0 Å². The number of hydrogen-bond acceptors (Lipinski definition) is 1. The van der Waals surface area contributed by atoms with Gasteiger partial charge in [0.25, 0.3) is 0 Å². The van der Waals surface area contributed by atoms with E-state index in [2.05, 4.69) is 46.0 Å². The largest absolute Gasteiger partial charge is 0.349 e. The van der Waals surface area contributed by atoms with E-state index in [1.807, 2.05) is 6.08 Å². The standard InChI is InChI=1S/C23H37NO/c1-6-14(2)16-7-8-17-21-15(3)13-19-23(5,12-10-20(25)24-19)18(21)9-11-22(16,17)4/h10,12,14-19,21H,6-9,11,13H2,1-5H3,(H,24,25)/t14?,15-,16+,17-,18-,19+,21-,22+,23+/m0/s1. The van der Waals surface area contributed by atoms with E-state index < -0.39 is 0 Å². The van der Waals surface area contributed by atoms with Gasteiger partial charge >= 0.3 is 0 Å². The molecule has 0 spiro atoms. The molecule has 0 aromatic heterocycles. The molecular formula is C23H37NO. The topological polar surface area (TPSA) is 29.1 Å². The van der Waals surface area contributed by atoms with Crippen molar-refractivity contribution in [3.05, 3.63) is 12.2 Å². The average molecular weight is 344 g/mol. The molecule has 1 amide bonds. The number of fused-ring (bicyclic) bond motifs is 5. The van der Waals surface area contributed by atoms with Crippen LogP contribution in [0.25, 0.3) is 0 Å². The summed E-state index contributed by atoms with van der Waals surface area (Å²) in [5.74, 6) is 5.11. The van der Waals surface area contributed by atoms with Crippen molar-refractivity contribution < 1.29 is 4.79 Å². The summed E-state index contributed by atoms with van der Waals surface area (Å²) in [5.41, 5.74) is 0.719. The van der Waals surface area contributed by atoms with E-state index in [-0.39, 0.29) is 11.3 Å². The Bertz CT molecular complexity index is 583. The van der Waals surface area contributed by atoms with Gasteiger partial charge in [-0.15, -0.1) is 0 Å². The molecule has 25 heavy (non-hydrogen) atoms. The molecule has 1 N–H and O–H groups in total. The highest BCUT2D eigenvalue weighted by Gasteiger charge is 2.61. The highest BCUT2D eigenvalue weighted by atomic mass is 16.1. The van der Waals surface area contributed by atoms with Gasteiger partial charge in [0, 0.05) is 11.5 Å². The molecule has 9 atom stereocenters. The summed E-state index contributed by atoms with van der Waals surface area (Å²) in [6, 6.07) is 0.345. The molecule has 0 aromatic carbocycles. The number of hydrogen-bond donors (Lipinski definition) is 1. The first-order valence-corrected chi connectivity index (χ1v) is 10.8. The van der Waals surface area contributed by atoms with Crippen LogP contribution in [-0.4, -0.2) is 11.9 Å². The molecule has 2 nitrogen and oxygen atoms in total. The normalized spacial score (nSPS) is 52.8. The van der Waals surface area contributed by atoms with Crippen LogP contribution in [0.5, 0.6) is 0 Å². The fraction of sp³-hybridized carbons (Fsp3) is 0.870. The van der Waals surface area contributed by atoms with Gasteiger partial charge in [0.15, 0.2) is 0 Å². The van der Waals surface area contributed by atoms with Crippen molar-refractivity contribution in [2.45, 2.75) is 79.2 Å². The fourth-order valence-corrected chi connectivity index (χ4v) is 7.94. The highest BCUT2D eigenvalue weighted by Crippen LogP contribution is 2.67. The van der Waals surface area contributed by atoms with Crippen LogP contribution < -0.4 is 5.32 Å². The van der Waals surface area contributed by atoms with Crippen molar-refractivity contribution in [2.75, 3.05) is 0 Å². The zero-order chi connectivity index (χ0) is 18.0. The second kappa shape index (κ2) is 5.86. The SMILES string of the molecule is CCC(C)[C@H]1CC[C@H]2[C@@H]3[C@@H](C)C[C@H]4NC(=O)C=C[C@]4(C)[C@H]3CC[C@]12C. The molecule has 0 radical (unpaired) electrons. The Labute approximate surface area is 154 Å². The lowest BCUT2D eigenvalue weighted by molar-refractivity contribution is -0.126. The predicted octanol–water partition coefficient (Wildman–Crippen LogP) is 5.19. The van der Waals surface area contributed by atoms with Gasteiger partial charge in [0.2, 0.25) is 5.91 Å². The summed E-state index contributed by atoms with van der Waals surface area (Å²) in [6.07, 6.45) is 12.2. The summed E-state index contributed by atoms with van der Waals surface area (Å²) in [5, 5.41) is 3.30. The van der Waals surface area contributed by atoms with Gasteiger partial charge in [0.1, 0.15) is 0 Å². The molecule has 140 valence electrons. The lowest BCUT2D eigenvalue weighted by Gasteiger charge is -2.61. The lowest BCUT2D eigenvalue weighted by atomic mass is 9.45. The second-order valence-corrected chi connectivity index (χ2v) is 10.4. The third-order valence-electron chi connectivity index (χ3n) is 9.46. The van der Waals surface area contributed by atoms with E-state index in [9.17, 15) is 4.79 Å². The van der Waals surface area contributed by atoms with E-state index in [0.29, 0.717) is 11.5 Å². The first-order chi connectivity index (χ1) is 11.8. The second-order valence-electron chi connectivity index (χ2n) is 10.4. The predicted molar refractivity (Wildman–Crippen MR) is 103 cm³/mol. The van der Waals surface area contributed by atoms with E-state index in [1.54, 1.807) is 0 Å². The molecule has 1 unspecified atom stereocenters. The van der Waals surface area contributed by atoms with Crippen molar-refractivity contribution in [1.82, 2.24) is 5.32 Å². The third kappa shape index (κ3) is 2.38. The minimum absolute atomic E-state index is 0.117. The summed E-state index contributed by atoms with van der Waals surface area (Å²) >= 11 is 0. The Balaban J connectivity index is 1.68. The first kappa shape index (κ1) is 17.6. The molecule has 0 bridgehead atoms. The van der Waals surface area contributed by atoms with Crippen LogP contribution in [0.3, 0.4) is 0 Å². The van der Waals surface area contributed by atoms with Gasteiger partial charge in [0.05, 0.1) is 0 Å². The van der Waals surface area contributed by atoms with E-state index in [1.165, 1.54) is 32.1 Å². The van der Waals surface area contributed by atoms with E-state index in [0.717, 1.165) is 41.9 Å². The average Bonchev–Trinajstić information content (AvgIpc) is 2.93. The maximum atomic E-state index is 11.9. The summed E-state index contributed by atoms with van der Waals surface area (Å²) in [6.45, 7) is 12.4. The minimum atomic E-state index is 0.117. The number of amides is 1. The number of nitrogens with one attached hydrogen (secondary N) is 1. The van der Waals surface area contributed by atoms with Crippen molar-refractivity contribution >= 4 is 5.91 Å². The fourth-order valence-electron chi connectivity index (χ4n) is 7.94. The Morgan fingerprint density at radius 1 is 1.24 bits per heavy atom. The summed E-state index contributed by atoms with van der Waals surface area (Å²) in [7, 11) is 0. The quantitative estimate of drug-likeness (QED) is 0.734. The third-order valence-corrected chi connectivity index (χ3v) is 9.46. The molecule has 4 rings (SSSR count). The molecule has 3 saturated carbocycles. The maximum Gasteiger partial charge on any atom is 0.243 e. The van der Waals surface area contributed by atoms with Gasteiger partial charge in [-0.25, -0.2) is 0 Å². The number of carbonyl (C=O) groups excluding carboxylic acids is 1. The van der Waals surface area contributed by atoms with Crippen LogP contribution in [0.1, 0.15) is 73.1 Å². The molecule has 0 aromatic rings. The summed E-state index contributed by atoms with van der Waals surface area (Å²) in [4.78, 5) is 11.9. The lowest BCUT2D eigenvalue weighted by Crippen LogP contribution is -2.61. The van der Waals surface area contributed by atoms with Crippen LogP contribution in [0.2, 0.25) is 0 Å². The van der Waals surface area contributed by atoms with Crippen molar-refractivity contribution in [3.8, 4) is 0 Å². The molecule has 4 aliphatic rings. The Morgan fingerprint density at radius 2 is 2.00 bits per heavy atom. The molecular weight excluding hydrogens is 306 g/mol. The van der Waals surface area contributed by atoms with Crippen LogP contribution >= 0.6 is 0 Å². The van der Waals surface area contributed by atoms with Crippen LogP contribution in [0.15, 0.2) is 12.2 Å². The maximum absolute atomic E-state index is 11.9. The molecule has 0 saturated heterocycles. The smallest absolute Gasteiger partial charge is 0.243 e. The summed E-state index contributed by atoms with van der Waals surface area (Å²) < 4.78 is 0. The zero-order valence-electron chi connectivity index (χ0n) is 16.8. The van der Waals surface area contributed by atoms with Gasteiger partial charge in [-0.3, -0.25) is 4.79 Å². The van der Waals surface area contributed by atoms with Gasteiger partial charge in [-0.2, -0.15) is 0 Å². The van der Waals surface area contributed by atoms with Crippen molar-refractivity contribution in [3.63, 3.8) is 0 Å². The first-order valence-electron chi connectivity index (χ1n) is 10.8. The van der Waals surface area contributed by atoms with E-state index in [4.69, 9.17) is 0 Å². The zero-order valence-corrected chi connectivity index (χ0v) is 16.8. The van der Waals surface area contributed by atoms with Crippen LogP contribution in [0.4, 0.5) is 0 Å². The Morgan fingerprint density at radius 3 is 2.72 bits per heavy atom. The van der Waals surface area contributed by atoms with Crippen molar-refractivity contribution in [2.24, 2.45) is 46.3 Å². The van der Waals surface area contributed by atoms with Gasteiger partial charge < -0.3 is 5.32 Å². The molecule has 1 aliphatic heterocycles. The molecule has 1 heterocycles. The van der Waals surface area contributed by atoms with Gasteiger partial charge in [-0.1, -0.05) is 47.1 Å². The van der Waals surface area contributed by atoms with Crippen molar-refractivity contribution in [1.29, 1.82) is 0 Å². The van der Waals surface area contributed by atoms with Crippen LogP contribution in [-0.2, 0) is 4.79 Å². The minimum Gasteiger partial charge on any atom is -0.349 e. The molecule has 2 heteroatoms. The molecule has 3 aliphatic carbocycles. The van der Waals surface area contributed by atoms with Crippen LogP contribution in [0, 0.1) is 46.3 Å². The molecule has 3 fully saturated rings.